The lowest BCUT2D eigenvalue weighted by molar-refractivity contribution is -0.161. The molecule has 0 aromatic rings. The Bertz CT molecular complexity index is 637. The third kappa shape index (κ3) is 37.6. The van der Waals surface area contributed by atoms with Crippen molar-refractivity contribution in [3.8, 4) is 0 Å². The van der Waals surface area contributed by atoms with Crippen LogP contribution in [0.5, 0.6) is 0 Å². The van der Waals surface area contributed by atoms with Gasteiger partial charge in [-0.25, -0.2) is 0 Å². The lowest BCUT2D eigenvalue weighted by Gasteiger charge is -2.15. The summed E-state index contributed by atoms with van der Waals surface area (Å²) in [6, 6.07) is 0. The summed E-state index contributed by atoms with van der Waals surface area (Å²) in [7, 11) is 0. The van der Waals surface area contributed by atoms with Gasteiger partial charge in [-0.05, 0) is 12.8 Å². The Morgan fingerprint density at radius 3 is 0.936 bits per heavy atom. The van der Waals surface area contributed by atoms with Crippen molar-refractivity contribution in [1.29, 1.82) is 0 Å². The lowest BCUT2D eigenvalue weighted by Crippen LogP contribution is -2.28. The molecule has 0 spiro atoms. The number of hydrogen-bond donors (Lipinski definition) is 1. The molecule has 5 nitrogen and oxygen atoms in total. The van der Waals surface area contributed by atoms with Gasteiger partial charge in [0.15, 0.2) is 6.10 Å². The molecule has 0 saturated carbocycles. The number of hydrogen-bond acceptors (Lipinski definition) is 5. The Kier molecular flexibility index (Phi) is 38.4. The Hall–Kier alpha value is -1.10. The summed E-state index contributed by atoms with van der Waals surface area (Å²) < 4.78 is 10.6. The van der Waals surface area contributed by atoms with Gasteiger partial charge in [0.2, 0.25) is 0 Å². The minimum absolute atomic E-state index is 0.0566. The van der Waals surface area contributed by atoms with Gasteiger partial charge in [0.05, 0.1) is 6.61 Å². The molecule has 0 aliphatic heterocycles. The second kappa shape index (κ2) is 39.3. The van der Waals surface area contributed by atoms with Gasteiger partial charge in [-0.1, -0.05) is 213 Å². The van der Waals surface area contributed by atoms with E-state index in [4.69, 9.17) is 9.47 Å². The molecule has 0 aromatic heterocycles. The quantitative estimate of drug-likeness (QED) is 0.0522. The summed E-state index contributed by atoms with van der Waals surface area (Å²) in [6.45, 7) is 4.17. The smallest absolute Gasteiger partial charge is 0.306 e. The molecule has 1 unspecified atom stereocenters. The van der Waals surface area contributed by atoms with E-state index in [0.29, 0.717) is 12.8 Å². The van der Waals surface area contributed by atoms with Gasteiger partial charge in [0.1, 0.15) is 6.61 Å². The molecule has 0 rings (SSSR count). The zero-order valence-electron chi connectivity index (χ0n) is 31.8. The average molecular weight is 667 g/mol. The molecule has 0 heterocycles. The van der Waals surface area contributed by atoms with Gasteiger partial charge >= 0.3 is 11.9 Å². The number of unbranched alkanes of at least 4 members (excludes halogenated alkanes) is 31. The highest BCUT2D eigenvalue weighted by atomic mass is 16.6. The molecular weight excluding hydrogens is 584 g/mol. The van der Waals surface area contributed by atoms with Crippen LogP contribution in [-0.4, -0.2) is 36.4 Å². The number of esters is 2. The molecule has 0 radical (unpaired) electrons. The molecule has 0 amide bonds. The molecule has 0 aliphatic rings. The van der Waals surface area contributed by atoms with E-state index in [0.717, 1.165) is 32.1 Å². The first-order chi connectivity index (χ1) is 23.1. The van der Waals surface area contributed by atoms with Gasteiger partial charge in [-0.2, -0.15) is 0 Å². The van der Waals surface area contributed by atoms with Crippen LogP contribution in [0.1, 0.15) is 239 Å². The molecule has 0 fully saturated rings. The average Bonchev–Trinajstić information content (AvgIpc) is 3.07. The van der Waals surface area contributed by atoms with Crippen LogP contribution in [-0.2, 0) is 19.1 Å². The summed E-state index contributed by atoms with van der Waals surface area (Å²) in [5, 5.41) is 9.56. The first kappa shape index (κ1) is 45.9. The number of rotatable bonds is 39. The first-order valence-electron chi connectivity index (χ1n) is 21.1. The number of aliphatic hydroxyl groups is 1. The van der Waals surface area contributed by atoms with Crippen molar-refractivity contribution in [2.24, 2.45) is 0 Å². The molecule has 0 saturated heterocycles. The Balaban J connectivity index is 3.47. The Morgan fingerprint density at radius 1 is 0.404 bits per heavy atom. The predicted molar refractivity (Wildman–Crippen MR) is 201 cm³/mol. The maximum absolute atomic E-state index is 12.2. The number of carbonyl (C=O) groups is 2. The van der Waals surface area contributed by atoms with Crippen LogP contribution in [0, 0.1) is 0 Å². The Labute approximate surface area is 293 Å². The maximum Gasteiger partial charge on any atom is 0.306 e. The molecule has 1 atom stereocenters. The molecule has 1 N–H and O–H groups in total. The van der Waals surface area contributed by atoms with Crippen LogP contribution in [0.2, 0.25) is 0 Å². The van der Waals surface area contributed by atoms with E-state index in [1.165, 1.54) is 180 Å². The molecular formula is C42H82O5. The normalized spacial score (nSPS) is 12.0. The molecule has 0 aromatic carbocycles. The summed E-state index contributed by atoms with van der Waals surface area (Å²) in [5.41, 5.74) is 0. The number of aliphatic hydroxyl groups excluding tert-OH is 1. The second-order valence-electron chi connectivity index (χ2n) is 14.4. The molecule has 47 heavy (non-hydrogen) atoms. The largest absolute Gasteiger partial charge is 0.462 e. The predicted octanol–water partition coefficient (Wildman–Crippen LogP) is 13.1. The first-order valence-corrected chi connectivity index (χ1v) is 21.1. The van der Waals surface area contributed by atoms with Gasteiger partial charge < -0.3 is 14.6 Å². The number of carbonyl (C=O) groups excluding carboxylic acids is 2. The standard InChI is InChI=1S/C42H82O5/c1-3-5-7-9-11-13-15-17-19-21-23-25-27-29-31-33-35-37-42(45)47-40(38-43)39-46-41(44)36-34-32-30-28-26-24-22-20-18-16-14-12-10-8-6-4-2/h40,43H,3-39H2,1-2H3. The minimum atomic E-state index is -0.761. The van der Waals surface area contributed by atoms with Crippen LogP contribution in [0.3, 0.4) is 0 Å². The van der Waals surface area contributed by atoms with Gasteiger partial charge in [0, 0.05) is 12.8 Å². The SMILES string of the molecule is CCCCCCCCCCCCCCCCCCCC(=O)OC(CO)COC(=O)CCCCCCCCCCCCCCCCCC. The lowest BCUT2D eigenvalue weighted by atomic mass is 10.0. The van der Waals surface area contributed by atoms with Gasteiger partial charge in [0.25, 0.3) is 0 Å². The zero-order valence-corrected chi connectivity index (χ0v) is 31.8. The van der Waals surface area contributed by atoms with E-state index < -0.39 is 6.10 Å². The van der Waals surface area contributed by atoms with Crippen molar-refractivity contribution >= 4 is 11.9 Å². The van der Waals surface area contributed by atoms with E-state index >= 15 is 0 Å². The third-order valence-electron chi connectivity index (χ3n) is 9.65. The summed E-state index contributed by atoms with van der Waals surface area (Å²) in [6.07, 6.45) is 43.1. The van der Waals surface area contributed by atoms with Gasteiger partial charge in [-0.3, -0.25) is 9.59 Å². The topological polar surface area (TPSA) is 72.8 Å². The number of ether oxygens (including phenoxy) is 2. The fourth-order valence-electron chi connectivity index (χ4n) is 6.44. The van der Waals surface area contributed by atoms with Crippen LogP contribution >= 0.6 is 0 Å². The van der Waals surface area contributed by atoms with Gasteiger partial charge in [-0.15, -0.1) is 0 Å². The summed E-state index contributed by atoms with van der Waals surface area (Å²) in [4.78, 5) is 24.3. The second-order valence-corrected chi connectivity index (χ2v) is 14.4. The molecule has 0 aliphatic carbocycles. The molecule has 280 valence electrons. The van der Waals surface area contributed by atoms with Crippen LogP contribution in [0.15, 0.2) is 0 Å². The maximum atomic E-state index is 12.2. The third-order valence-corrected chi connectivity index (χ3v) is 9.65. The van der Waals surface area contributed by atoms with E-state index in [1.54, 1.807) is 0 Å². The van der Waals surface area contributed by atoms with Crippen molar-refractivity contribution in [2.75, 3.05) is 13.2 Å². The van der Waals surface area contributed by atoms with Crippen LogP contribution in [0.4, 0.5) is 0 Å². The van der Waals surface area contributed by atoms with Crippen molar-refractivity contribution in [1.82, 2.24) is 0 Å². The van der Waals surface area contributed by atoms with E-state index in [2.05, 4.69) is 13.8 Å². The van der Waals surface area contributed by atoms with Crippen molar-refractivity contribution < 1.29 is 24.2 Å². The highest BCUT2D eigenvalue weighted by Gasteiger charge is 2.16. The summed E-state index contributed by atoms with van der Waals surface area (Å²) in [5.74, 6) is -0.572. The molecule has 5 heteroatoms. The van der Waals surface area contributed by atoms with E-state index in [9.17, 15) is 14.7 Å². The van der Waals surface area contributed by atoms with Crippen molar-refractivity contribution in [3.63, 3.8) is 0 Å². The monoisotopic (exact) mass is 667 g/mol. The fraction of sp³-hybridized carbons (Fsp3) is 0.952. The molecule has 0 bridgehead atoms. The highest BCUT2D eigenvalue weighted by molar-refractivity contribution is 5.70. The van der Waals surface area contributed by atoms with Crippen molar-refractivity contribution in [3.05, 3.63) is 0 Å². The summed E-state index contributed by atoms with van der Waals surface area (Å²) >= 11 is 0. The fourth-order valence-corrected chi connectivity index (χ4v) is 6.44. The van der Waals surface area contributed by atoms with E-state index in [-0.39, 0.29) is 25.2 Å². The van der Waals surface area contributed by atoms with Crippen LogP contribution < -0.4 is 0 Å². The minimum Gasteiger partial charge on any atom is -0.462 e. The Morgan fingerprint density at radius 2 is 0.660 bits per heavy atom. The van der Waals surface area contributed by atoms with Crippen molar-refractivity contribution in [2.45, 2.75) is 245 Å². The van der Waals surface area contributed by atoms with E-state index in [1.807, 2.05) is 0 Å². The van der Waals surface area contributed by atoms with Crippen LogP contribution in [0.25, 0.3) is 0 Å². The zero-order chi connectivity index (χ0) is 34.3. The highest BCUT2D eigenvalue weighted by Crippen LogP contribution is 2.16.